The molecule has 2 heterocycles. The molecule has 0 saturated carbocycles. The molecule has 2 rings (SSSR count). The lowest BCUT2D eigenvalue weighted by molar-refractivity contribution is -0.128. The van der Waals surface area contributed by atoms with Gasteiger partial charge in [-0.1, -0.05) is 0 Å². The molecule has 2 aliphatic heterocycles. The highest BCUT2D eigenvalue weighted by Gasteiger charge is 2.40. The number of carbonyl (C=O) groups is 1. The van der Waals surface area contributed by atoms with Gasteiger partial charge in [0.05, 0.1) is 5.37 Å². The fourth-order valence-corrected chi connectivity index (χ4v) is 3.04. The number of carbonyl (C=O) groups excluding carboxylic acids is 1. The van der Waals surface area contributed by atoms with Crippen molar-refractivity contribution in [2.24, 2.45) is 0 Å². The van der Waals surface area contributed by atoms with Gasteiger partial charge in [0, 0.05) is 12.5 Å². The Morgan fingerprint density at radius 1 is 1.45 bits per heavy atom. The Balaban J connectivity index is 2.13. The van der Waals surface area contributed by atoms with Gasteiger partial charge in [-0.3, -0.25) is 4.79 Å². The number of nitrogens with zero attached hydrogens (tertiary/aromatic N) is 1. The fraction of sp³-hybridized carbons (Fsp3) is 0.875. The second-order valence-corrected chi connectivity index (χ2v) is 4.28. The van der Waals surface area contributed by atoms with E-state index < -0.39 is 0 Å². The molecule has 0 aliphatic carbocycles. The van der Waals surface area contributed by atoms with E-state index in [1.165, 1.54) is 12.8 Å². The molecule has 0 radical (unpaired) electrons. The molecule has 0 aromatic carbocycles. The maximum absolute atomic E-state index is 11.3. The van der Waals surface area contributed by atoms with E-state index in [-0.39, 0.29) is 0 Å². The van der Waals surface area contributed by atoms with Crippen LogP contribution in [0.25, 0.3) is 0 Å². The van der Waals surface area contributed by atoms with Crippen molar-refractivity contribution >= 4 is 17.7 Å². The molecule has 0 spiro atoms. The zero-order valence-corrected chi connectivity index (χ0v) is 7.56. The van der Waals surface area contributed by atoms with E-state index in [9.17, 15) is 4.79 Å². The van der Waals surface area contributed by atoms with E-state index in [2.05, 4.69) is 11.2 Å². The van der Waals surface area contributed by atoms with E-state index in [4.69, 9.17) is 0 Å². The summed E-state index contributed by atoms with van der Waals surface area (Å²) in [5, 5.41) is 0.495. The summed E-state index contributed by atoms with van der Waals surface area (Å²) in [5.41, 5.74) is 0. The normalized spacial score (nSPS) is 36.5. The maximum Gasteiger partial charge on any atom is 0.223 e. The summed E-state index contributed by atoms with van der Waals surface area (Å²) in [6, 6.07) is 0.597. The first-order valence-corrected chi connectivity index (χ1v) is 5.45. The molecule has 2 aliphatic rings. The molecule has 0 bridgehead atoms. The van der Waals surface area contributed by atoms with Crippen LogP contribution in [0.2, 0.25) is 0 Å². The minimum Gasteiger partial charge on any atom is -0.328 e. The molecule has 0 aromatic heterocycles. The van der Waals surface area contributed by atoms with Gasteiger partial charge >= 0.3 is 0 Å². The average molecular weight is 171 g/mol. The van der Waals surface area contributed by atoms with Gasteiger partial charge in [0.2, 0.25) is 5.91 Å². The van der Waals surface area contributed by atoms with Crippen molar-refractivity contribution in [3.05, 3.63) is 0 Å². The van der Waals surface area contributed by atoms with Crippen LogP contribution in [0, 0.1) is 0 Å². The molecule has 1 amide bonds. The quantitative estimate of drug-likeness (QED) is 0.595. The van der Waals surface area contributed by atoms with E-state index in [0.29, 0.717) is 17.3 Å². The molecule has 2 atom stereocenters. The van der Waals surface area contributed by atoms with Gasteiger partial charge in [0.25, 0.3) is 0 Å². The Morgan fingerprint density at radius 3 is 3.00 bits per heavy atom. The summed E-state index contributed by atoms with van der Waals surface area (Å²) in [4.78, 5) is 13.4. The third kappa shape index (κ3) is 1.06. The van der Waals surface area contributed by atoms with Crippen LogP contribution < -0.4 is 0 Å². The summed E-state index contributed by atoms with van der Waals surface area (Å²) in [7, 11) is 0. The Kier molecular flexibility index (Phi) is 1.83. The summed E-state index contributed by atoms with van der Waals surface area (Å²) >= 11 is 1.82. The zero-order chi connectivity index (χ0) is 7.84. The molecule has 2 nitrogen and oxygen atoms in total. The lowest BCUT2D eigenvalue weighted by atomic mass is 10.2. The smallest absolute Gasteiger partial charge is 0.223 e. The molecular formula is C8H13NOS. The molecule has 11 heavy (non-hydrogen) atoms. The van der Waals surface area contributed by atoms with Gasteiger partial charge in [-0.05, 0) is 25.5 Å². The molecular weight excluding hydrogens is 158 g/mol. The maximum atomic E-state index is 11.3. The van der Waals surface area contributed by atoms with Crippen molar-refractivity contribution < 1.29 is 4.79 Å². The SMILES string of the molecule is CSC1CCC2CCC(=O)N21. The Labute approximate surface area is 71.3 Å². The second kappa shape index (κ2) is 2.70. The molecule has 0 N–H and O–H groups in total. The Morgan fingerprint density at radius 2 is 2.27 bits per heavy atom. The number of thioether (sulfide) groups is 1. The predicted molar refractivity (Wildman–Crippen MR) is 46.4 cm³/mol. The largest absolute Gasteiger partial charge is 0.328 e. The van der Waals surface area contributed by atoms with Gasteiger partial charge in [-0.2, -0.15) is 0 Å². The molecule has 0 aromatic rings. The Hall–Kier alpha value is -0.180. The van der Waals surface area contributed by atoms with E-state index in [1.54, 1.807) is 0 Å². The molecule has 2 unspecified atom stereocenters. The molecule has 2 saturated heterocycles. The standard InChI is InChI=1S/C8H13NOS/c1-11-8-5-3-6-2-4-7(10)9(6)8/h6,8H,2-5H2,1H3. The van der Waals surface area contributed by atoms with Crippen molar-refractivity contribution in [3.63, 3.8) is 0 Å². The van der Waals surface area contributed by atoms with Crippen LogP contribution in [-0.2, 0) is 4.79 Å². The summed E-state index contributed by atoms with van der Waals surface area (Å²) in [6.07, 6.45) is 6.44. The number of hydrogen-bond donors (Lipinski definition) is 0. The third-order valence-electron chi connectivity index (χ3n) is 2.70. The third-order valence-corrected chi connectivity index (χ3v) is 3.71. The monoisotopic (exact) mass is 171 g/mol. The highest BCUT2D eigenvalue weighted by molar-refractivity contribution is 7.99. The van der Waals surface area contributed by atoms with Crippen molar-refractivity contribution in [2.75, 3.05) is 6.26 Å². The molecule has 2 fully saturated rings. The topological polar surface area (TPSA) is 20.3 Å². The lowest BCUT2D eigenvalue weighted by Crippen LogP contribution is -2.32. The van der Waals surface area contributed by atoms with Crippen LogP contribution in [-0.4, -0.2) is 28.5 Å². The van der Waals surface area contributed by atoms with Crippen LogP contribution in [0.1, 0.15) is 25.7 Å². The van der Waals surface area contributed by atoms with Crippen LogP contribution in [0.4, 0.5) is 0 Å². The summed E-state index contributed by atoms with van der Waals surface area (Å²) in [6.45, 7) is 0. The number of hydrogen-bond acceptors (Lipinski definition) is 2. The van der Waals surface area contributed by atoms with Crippen LogP contribution in [0.3, 0.4) is 0 Å². The number of fused-ring (bicyclic) bond motifs is 1. The predicted octanol–water partition coefficient (Wildman–Crippen LogP) is 1.46. The molecule has 62 valence electrons. The Bertz CT molecular complexity index is 183. The van der Waals surface area contributed by atoms with Crippen molar-refractivity contribution in [1.82, 2.24) is 4.90 Å². The molecule has 3 heteroatoms. The highest BCUT2D eigenvalue weighted by atomic mass is 32.2. The minimum atomic E-state index is 0.381. The first kappa shape index (κ1) is 7.47. The first-order valence-electron chi connectivity index (χ1n) is 4.17. The van der Waals surface area contributed by atoms with Crippen LogP contribution in [0.15, 0.2) is 0 Å². The van der Waals surface area contributed by atoms with E-state index in [1.807, 2.05) is 11.8 Å². The van der Waals surface area contributed by atoms with Crippen molar-refractivity contribution in [2.45, 2.75) is 37.1 Å². The van der Waals surface area contributed by atoms with E-state index >= 15 is 0 Å². The average Bonchev–Trinajstić information content (AvgIpc) is 2.54. The van der Waals surface area contributed by atoms with Crippen LogP contribution in [0.5, 0.6) is 0 Å². The number of rotatable bonds is 1. The van der Waals surface area contributed by atoms with E-state index in [0.717, 1.165) is 12.8 Å². The van der Waals surface area contributed by atoms with Gasteiger partial charge in [-0.25, -0.2) is 0 Å². The second-order valence-electron chi connectivity index (χ2n) is 3.26. The van der Waals surface area contributed by atoms with Crippen LogP contribution >= 0.6 is 11.8 Å². The van der Waals surface area contributed by atoms with Crippen molar-refractivity contribution in [3.8, 4) is 0 Å². The van der Waals surface area contributed by atoms with Crippen molar-refractivity contribution in [1.29, 1.82) is 0 Å². The minimum absolute atomic E-state index is 0.381. The highest BCUT2D eigenvalue weighted by Crippen LogP contribution is 2.37. The van der Waals surface area contributed by atoms with Gasteiger partial charge < -0.3 is 4.90 Å². The van der Waals surface area contributed by atoms with Gasteiger partial charge in [0.1, 0.15) is 0 Å². The summed E-state index contributed by atoms with van der Waals surface area (Å²) < 4.78 is 0. The zero-order valence-electron chi connectivity index (χ0n) is 6.75. The van der Waals surface area contributed by atoms with Gasteiger partial charge in [0.15, 0.2) is 0 Å². The first-order chi connectivity index (χ1) is 5.33. The number of amides is 1. The summed E-state index contributed by atoms with van der Waals surface area (Å²) in [5.74, 6) is 0.381. The fourth-order valence-electron chi connectivity index (χ4n) is 2.15. The lowest BCUT2D eigenvalue weighted by Gasteiger charge is -2.22. The van der Waals surface area contributed by atoms with Gasteiger partial charge in [-0.15, -0.1) is 11.8 Å².